The normalized spacial score (nSPS) is 15.1. The zero-order valence-electron chi connectivity index (χ0n) is 15.5. The molecule has 4 heterocycles. The summed E-state index contributed by atoms with van der Waals surface area (Å²) in [4.78, 5) is 25.7. The molecule has 8 heteroatoms. The fourth-order valence-electron chi connectivity index (χ4n) is 3.59. The van der Waals surface area contributed by atoms with Crippen molar-refractivity contribution in [1.82, 2.24) is 24.6 Å². The fourth-order valence-corrected chi connectivity index (χ4v) is 3.59. The maximum absolute atomic E-state index is 12.9. The summed E-state index contributed by atoms with van der Waals surface area (Å²) in [5, 5.41) is 5.21. The van der Waals surface area contributed by atoms with Crippen molar-refractivity contribution in [3.05, 3.63) is 35.2 Å². The van der Waals surface area contributed by atoms with E-state index in [4.69, 9.17) is 4.42 Å². The maximum Gasteiger partial charge on any atom is 0.257 e. The second kappa shape index (κ2) is 6.12. The minimum absolute atomic E-state index is 0.0470. The van der Waals surface area contributed by atoms with E-state index in [2.05, 4.69) is 20.0 Å². The highest BCUT2D eigenvalue weighted by Gasteiger charge is 2.28. The molecule has 136 valence electrons. The van der Waals surface area contributed by atoms with Gasteiger partial charge in [-0.3, -0.25) is 9.48 Å². The lowest BCUT2D eigenvalue weighted by molar-refractivity contribution is 0.0744. The number of carbonyl (C=O) groups excluding carboxylic acids is 1. The van der Waals surface area contributed by atoms with Crippen LogP contribution in [0.15, 0.2) is 16.9 Å². The molecule has 3 aromatic heterocycles. The van der Waals surface area contributed by atoms with Crippen LogP contribution in [-0.4, -0.2) is 56.7 Å². The minimum atomic E-state index is 0.0470. The molecule has 3 aromatic rings. The van der Waals surface area contributed by atoms with E-state index < -0.39 is 0 Å². The molecule has 1 saturated heterocycles. The van der Waals surface area contributed by atoms with E-state index in [9.17, 15) is 4.79 Å². The van der Waals surface area contributed by atoms with Gasteiger partial charge in [-0.15, -0.1) is 0 Å². The number of hydrogen-bond acceptors (Lipinski definition) is 6. The second-order valence-corrected chi connectivity index (χ2v) is 6.70. The van der Waals surface area contributed by atoms with Crippen molar-refractivity contribution in [3.8, 4) is 0 Å². The van der Waals surface area contributed by atoms with Crippen LogP contribution in [0.5, 0.6) is 0 Å². The van der Waals surface area contributed by atoms with Gasteiger partial charge in [0.1, 0.15) is 23.7 Å². The van der Waals surface area contributed by atoms with Crippen molar-refractivity contribution < 1.29 is 9.21 Å². The van der Waals surface area contributed by atoms with Crippen LogP contribution in [0, 0.1) is 20.8 Å². The Bertz CT molecular complexity index is 981. The Hall–Kier alpha value is -2.90. The van der Waals surface area contributed by atoms with Gasteiger partial charge in [0, 0.05) is 38.8 Å². The molecule has 0 bridgehead atoms. The standard InChI is InChI=1S/C18H22N6O2/c1-11-12(2)26-13(3)15(11)18(25)24-7-5-23(6-8-24)17-14-9-21-22(4)16(14)19-10-20-17/h9-10H,5-8H2,1-4H3. The first-order valence-corrected chi connectivity index (χ1v) is 8.71. The van der Waals surface area contributed by atoms with Gasteiger partial charge in [0.2, 0.25) is 0 Å². The third kappa shape index (κ3) is 2.53. The quantitative estimate of drug-likeness (QED) is 0.699. The summed E-state index contributed by atoms with van der Waals surface area (Å²) >= 11 is 0. The van der Waals surface area contributed by atoms with Gasteiger partial charge in [-0.1, -0.05) is 0 Å². The number of anilines is 1. The molecule has 1 aliphatic rings. The highest BCUT2D eigenvalue weighted by Crippen LogP contribution is 2.25. The molecule has 0 radical (unpaired) electrons. The summed E-state index contributed by atoms with van der Waals surface area (Å²) in [6, 6.07) is 0. The molecular formula is C18H22N6O2. The number of fused-ring (bicyclic) bond motifs is 1. The first-order valence-electron chi connectivity index (χ1n) is 8.71. The Morgan fingerprint density at radius 1 is 1.08 bits per heavy atom. The lowest BCUT2D eigenvalue weighted by atomic mass is 10.1. The Morgan fingerprint density at radius 3 is 2.46 bits per heavy atom. The van der Waals surface area contributed by atoms with Crippen LogP contribution in [0.2, 0.25) is 0 Å². The summed E-state index contributed by atoms with van der Waals surface area (Å²) in [7, 11) is 1.87. The van der Waals surface area contributed by atoms with Crippen LogP contribution in [-0.2, 0) is 7.05 Å². The zero-order valence-corrected chi connectivity index (χ0v) is 15.5. The van der Waals surface area contributed by atoms with Gasteiger partial charge in [-0.2, -0.15) is 5.10 Å². The maximum atomic E-state index is 12.9. The Labute approximate surface area is 151 Å². The van der Waals surface area contributed by atoms with Gasteiger partial charge in [0.15, 0.2) is 5.65 Å². The van der Waals surface area contributed by atoms with E-state index in [1.807, 2.05) is 32.7 Å². The molecule has 0 aromatic carbocycles. The van der Waals surface area contributed by atoms with Gasteiger partial charge in [-0.25, -0.2) is 9.97 Å². The molecule has 26 heavy (non-hydrogen) atoms. The molecule has 1 amide bonds. The number of aryl methyl sites for hydroxylation is 3. The van der Waals surface area contributed by atoms with Crippen molar-refractivity contribution in [1.29, 1.82) is 0 Å². The van der Waals surface area contributed by atoms with E-state index in [1.54, 1.807) is 17.2 Å². The molecule has 0 spiro atoms. The highest BCUT2D eigenvalue weighted by molar-refractivity contribution is 5.97. The van der Waals surface area contributed by atoms with Crippen LogP contribution in [0.4, 0.5) is 5.82 Å². The van der Waals surface area contributed by atoms with E-state index in [0.29, 0.717) is 24.4 Å². The number of piperazine rings is 1. The molecule has 0 unspecified atom stereocenters. The summed E-state index contributed by atoms with van der Waals surface area (Å²) in [5.74, 6) is 2.43. The fraction of sp³-hybridized carbons (Fsp3) is 0.444. The average molecular weight is 354 g/mol. The minimum Gasteiger partial charge on any atom is -0.466 e. The van der Waals surface area contributed by atoms with Gasteiger partial charge in [-0.05, 0) is 20.8 Å². The largest absolute Gasteiger partial charge is 0.466 e. The predicted molar refractivity (Wildman–Crippen MR) is 97.3 cm³/mol. The van der Waals surface area contributed by atoms with Gasteiger partial charge < -0.3 is 14.2 Å². The molecule has 0 N–H and O–H groups in total. The van der Waals surface area contributed by atoms with Crippen LogP contribution >= 0.6 is 0 Å². The molecule has 8 nitrogen and oxygen atoms in total. The van der Waals surface area contributed by atoms with Gasteiger partial charge in [0.05, 0.1) is 17.1 Å². The van der Waals surface area contributed by atoms with Crippen molar-refractivity contribution in [2.24, 2.45) is 7.05 Å². The zero-order chi connectivity index (χ0) is 18.4. The van der Waals surface area contributed by atoms with Crippen LogP contribution < -0.4 is 4.90 Å². The summed E-state index contributed by atoms with van der Waals surface area (Å²) in [5.41, 5.74) is 2.45. The third-order valence-corrected chi connectivity index (χ3v) is 5.15. The first kappa shape index (κ1) is 16.6. The lowest BCUT2D eigenvalue weighted by Gasteiger charge is -2.35. The molecule has 0 aliphatic carbocycles. The Balaban J connectivity index is 1.53. The number of hydrogen-bond donors (Lipinski definition) is 0. The highest BCUT2D eigenvalue weighted by atomic mass is 16.3. The van der Waals surface area contributed by atoms with Crippen molar-refractivity contribution in [2.45, 2.75) is 20.8 Å². The molecule has 0 atom stereocenters. The van der Waals surface area contributed by atoms with Gasteiger partial charge in [0.25, 0.3) is 5.91 Å². The van der Waals surface area contributed by atoms with Crippen molar-refractivity contribution in [3.63, 3.8) is 0 Å². The van der Waals surface area contributed by atoms with E-state index in [-0.39, 0.29) is 5.91 Å². The van der Waals surface area contributed by atoms with Crippen LogP contribution in [0.3, 0.4) is 0 Å². The third-order valence-electron chi connectivity index (χ3n) is 5.15. The van der Waals surface area contributed by atoms with Crippen LogP contribution in [0.25, 0.3) is 11.0 Å². The van der Waals surface area contributed by atoms with E-state index in [1.165, 1.54) is 0 Å². The number of furan rings is 1. The SMILES string of the molecule is Cc1oc(C)c(C(=O)N2CCN(c3ncnc4c3cnn4C)CC2)c1C. The number of carbonyl (C=O) groups is 1. The smallest absolute Gasteiger partial charge is 0.257 e. The Kier molecular flexibility index (Phi) is 3.90. The van der Waals surface area contributed by atoms with Crippen LogP contribution in [0.1, 0.15) is 27.4 Å². The average Bonchev–Trinajstić information content (AvgIpc) is 3.14. The topological polar surface area (TPSA) is 80.3 Å². The molecular weight excluding hydrogens is 332 g/mol. The number of rotatable bonds is 2. The Morgan fingerprint density at radius 2 is 1.81 bits per heavy atom. The molecule has 4 rings (SSSR count). The monoisotopic (exact) mass is 354 g/mol. The van der Waals surface area contributed by atoms with E-state index >= 15 is 0 Å². The second-order valence-electron chi connectivity index (χ2n) is 6.70. The van der Waals surface area contributed by atoms with Gasteiger partial charge >= 0.3 is 0 Å². The number of amides is 1. The van der Waals surface area contributed by atoms with E-state index in [0.717, 1.165) is 41.3 Å². The first-order chi connectivity index (χ1) is 12.5. The summed E-state index contributed by atoms with van der Waals surface area (Å²) in [6.45, 7) is 8.43. The van der Waals surface area contributed by atoms with Crippen molar-refractivity contribution in [2.75, 3.05) is 31.1 Å². The molecule has 1 fully saturated rings. The summed E-state index contributed by atoms with van der Waals surface area (Å²) < 4.78 is 7.36. The molecule has 0 saturated carbocycles. The molecule has 1 aliphatic heterocycles. The number of aromatic nitrogens is 4. The lowest BCUT2D eigenvalue weighted by Crippen LogP contribution is -2.49. The predicted octanol–water partition coefficient (Wildman–Crippen LogP) is 1.84. The van der Waals surface area contributed by atoms with Crippen molar-refractivity contribution >= 4 is 22.8 Å². The summed E-state index contributed by atoms with van der Waals surface area (Å²) in [6.07, 6.45) is 3.36. The number of nitrogens with zero attached hydrogens (tertiary/aromatic N) is 6.